The number of carbonyl (C=O) groups is 3. The second-order valence-electron chi connectivity index (χ2n) is 5.37. The maximum absolute atomic E-state index is 13.9. The molecular formula is C16H14FN3O4S. The lowest BCUT2D eigenvalue weighted by Gasteiger charge is -2.17. The number of ether oxygens (including phenoxy) is 1. The fourth-order valence-corrected chi connectivity index (χ4v) is 3.26. The molecule has 3 rings (SSSR count). The first-order valence-electron chi connectivity index (χ1n) is 7.39. The molecule has 0 radical (unpaired) electrons. The molecule has 2 heterocycles. The Bertz CT molecular complexity index is 838. The van der Waals surface area contributed by atoms with Gasteiger partial charge >= 0.3 is 5.97 Å². The summed E-state index contributed by atoms with van der Waals surface area (Å²) in [5.41, 5.74) is 0.157. The molecular weight excluding hydrogens is 349 g/mol. The summed E-state index contributed by atoms with van der Waals surface area (Å²) >= 11 is 0.977. The number of methoxy groups -OCH3 is 1. The van der Waals surface area contributed by atoms with Gasteiger partial charge < -0.3 is 15.0 Å². The number of nitrogens with zero attached hydrogens (tertiary/aromatic N) is 2. The summed E-state index contributed by atoms with van der Waals surface area (Å²) in [6, 6.07) is 5.92. The number of carbonyl (C=O) groups excluding carboxylic acids is 3. The molecule has 1 aliphatic heterocycles. The number of aromatic nitrogens is 1. The quantitative estimate of drug-likeness (QED) is 0.840. The first-order chi connectivity index (χ1) is 12.0. The van der Waals surface area contributed by atoms with Crippen LogP contribution in [0.4, 0.5) is 15.2 Å². The Morgan fingerprint density at radius 1 is 1.40 bits per heavy atom. The highest BCUT2D eigenvalue weighted by Gasteiger charge is 2.36. The van der Waals surface area contributed by atoms with Crippen LogP contribution in [0.3, 0.4) is 0 Å². The molecule has 1 atom stereocenters. The molecule has 1 aromatic heterocycles. The van der Waals surface area contributed by atoms with Crippen molar-refractivity contribution in [2.75, 3.05) is 23.9 Å². The molecule has 130 valence electrons. The number of esters is 1. The van der Waals surface area contributed by atoms with Crippen molar-refractivity contribution in [3.63, 3.8) is 0 Å². The second-order valence-corrected chi connectivity index (χ2v) is 6.40. The van der Waals surface area contributed by atoms with Gasteiger partial charge in [0.05, 0.1) is 24.9 Å². The van der Waals surface area contributed by atoms with E-state index < -0.39 is 23.6 Å². The lowest BCUT2D eigenvalue weighted by atomic mass is 10.1. The molecule has 1 N–H and O–H groups in total. The Morgan fingerprint density at radius 2 is 2.16 bits per heavy atom. The lowest BCUT2D eigenvalue weighted by Crippen LogP contribution is -2.28. The fraction of sp³-hybridized carbons (Fsp3) is 0.250. The van der Waals surface area contributed by atoms with E-state index in [1.54, 1.807) is 6.07 Å². The Kier molecular flexibility index (Phi) is 4.75. The maximum Gasteiger partial charge on any atom is 0.349 e. The molecule has 0 saturated carbocycles. The van der Waals surface area contributed by atoms with E-state index in [0.717, 1.165) is 11.3 Å². The standard InChI is InChI=1S/C16H14FN3O4S/c1-24-15(23)12-7-18-16(25-12)19-14(22)9-6-13(21)20(8-9)11-5-3-2-4-10(11)17/h2-5,7,9H,6,8H2,1H3,(H,18,19,22)/t9-/m1/s1. The highest BCUT2D eigenvalue weighted by Crippen LogP contribution is 2.28. The van der Waals surface area contributed by atoms with Crippen molar-refractivity contribution in [2.24, 2.45) is 5.92 Å². The summed E-state index contributed by atoms with van der Waals surface area (Å²) in [7, 11) is 1.25. The minimum Gasteiger partial charge on any atom is -0.465 e. The van der Waals surface area contributed by atoms with Gasteiger partial charge in [-0.1, -0.05) is 23.5 Å². The topological polar surface area (TPSA) is 88.6 Å². The molecule has 1 saturated heterocycles. The van der Waals surface area contributed by atoms with Crippen LogP contribution in [-0.2, 0) is 14.3 Å². The van der Waals surface area contributed by atoms with Gasteiger partial charge in [0.15, 0.2) is 5.13 Å². The van der Waals surface area contributed by atoms with E-state index in [2.05, 4.69) is 15.0 Å². The number of hydrogen-bond acceptors (Lipinski definition) is 6. The van der Waals surface area contributed by atoms with Crippen molar-refractivity contribution in [1.82, 2.24) is 4.98 Å². The van der Waals surface area contributed by atoms with Gasteiger partial charge in [-0.25, -0.2) is 14.2 Å². The minimum atomic E-state index is -0.627. The van der Waals surface area contributed by atoms with E-state index in [0.29, 0.717) is 0 Å². The van der Waals surface area contributed by atoms with Crippen molar-refractivity contribution >= 4 is 39.9 Å². The van der Waals surface area contributed by atoms with Gasteiger partial charge in [0.2, 0.25) is 11.8 Å². The van der Waals surface area contributed by atoms with Crippen molar-refractivity contribution in [2.45, 2.75) is 6.42 Å². The van der Waals surface area contributed by atoms with Gasteiger partial charge in [0.1, 0.15) is 10.7 Å². The summed E-state index contributed by atoms with van der Waals surface area (Å²) in [5, 5.41) is 2.82. The zero-order chi connectivity index (χ0) is 18.0. The van der Waals surface area contributed by atoms with Gasteiger partial charge in [-0.15, -0.1) is 0 Å². The van der Waals surface area contributed by atoms with Crippen molar-refractivity contribution in [3.05, 3.63) is 41.2 Å². The Morgan fingerprint density at radius 3 is 2.88 bits per heavy atom. The minimum absolute atomic E-state index is 0.0185. The highest BCUT2D eigenvalue weighted by molar-refractivity contribution is 7.17. The van der Waals surface area contributed by atoms with E-state index in [1.165, 1.54) is 36.4 Å². The molecule has 1 aliphatic rings. The van der Waals surface area contributed by atoms with Crippen LogP contribution in [0.25, 0.3) is 0 Å². The average Bonchev–Trinajstić information content (AvgIpc) is 3.21. The van der Waals surface area contributed by atoms with Crippen LogP contribution >= 0.6 is 11.3 Å². The molecule has 0 unspecified atom stereocenters. The second kappa shape index (κ2) is 6.98. The average molecular weight is 363 g/mol. The number of hydrogen-bond donors (Lipinski definition) is 1. The summed E-state index contributed by atoms with van der Waals surface area (Å²) in [5.74, 6) is -2.41. The largest absolute Gasteiger partial charge is 0.465 e. The molecule has 1 fully saturated rings. The zero-order valence-corrected chi connectivity index (χ0v) is 14.0. The van der Waals surface area contributed by atoms with Crippen LogP contribution in [0.15, 0.2) is 30.5 Å². The normalized spacial score (nSPS) is 16.8. The van der Waals surface area contributed by atoms with E-state index in [1.807, 2.05) is 0 Å². The van der Waals surface area contributed by atoms with Crippen molar-refractivity contribution < 1.29 is 23.5 Å². The highest BCUT2D eigenvalue weighted by atomic mass is 32.1. The molecule has 7 nitrogen and oxygen atoms in total. The Balaban J connectivity index is 1.68. The summed E-state index contributed by atoms with van der Waals surface area (Å²) in [6.07, 6.45) is 1.28. The van der Waals surface area contributed by atoms with Crippen LogP contribution in [-0.4, -0.2) is 36.4 Å². The molecule has 0 spiro atoms. The number of para-hydroxylation sites is 1. The molecule has 25 heavy (non-hydrogen) atoms. The Hall–Kier alpha value is -2.81. The number of rotatable bonds is 4. The van der Waals surface area contributed by atoms with Crippen LogP contribution in [0.1, 0.15) is 16.1 Å². The molecule has 9 heteroatoms. The van der Waals surface area contributed by atoms with Crippen LogP contribution in [0.5, 0.6) is 0 Å². The van der Waals surface area contributed by atoms with E-state index in [4.69, 9.17) is 0 Å². The predicted octanol–water partition coefficient (Wildman–Crippen LogP) is 2.06. The Labute approximate surface area is 146 Å². The van der Waals surface area contributed by atoms with Crippen LogP contribution in [0, 0.1) is 11.7 Å². The van der Waals surface area contributed by atoms with Crippen molar-refractivity contribution in [3.8, 4) is 0 Å². The van der Waals surface area contributed by atoms with E-state index in [-0.39, 0.29) is 34.6 Å². The number of benzene rings is 1. The fourth-order valence-electron chi connectivity index (χ4n) is 2.52. The zero-order valence-electron chi connectivity index (χ0n) is 13.2. The number of nitrogens with one attached hydrogen (secondary N) is 1. The van der Waals surface area contributed by atoms with E-state index >= 15 is 0 Å². The third kappa shape index (κ3) is 3.50. The first-order valence-corrected chi connectivity index (χ1v) is 8.21. The summed E-state index contributed by atoms with van der Waals surface area (Å²) < 4.78 is 18.4. The van der Waals surface area contributed by atoms with Gasteiger partial charge in [0.25, 0.3) is 0 Å². The summed E-state index contributed by atoms with van der Waals surface area (Å²) in [4.78, 5) is 41.3. The molecule has 0 bridgehead atoms. The SMILES string of the molecule is COC(=O)c1cnc(NC(=O)[C@@H]2CC(=O)N(c3ccccc3F)C2)s1. The number of halogens is 1. The molecule has 2 amide bonds. The van der Waals surface area contributed by atoms with Gasteiger partial charge in [0, 0.05) is 13.0 Å². The van der Waals surface area contributed by atoms with Gasteiger partial charge in [-0.3, -0.25) is 9.59 Å². The molecule has 1 aromatic carbocycles. The maximum atomic E-state index is 13.9. The molecule has 2 aromatic rings. The molecule has 0 aliphatic carbocycles. The van der Waals surface area contributed by atoms with Crippen LogP contribution < -0.4 is 10.2 Å². The monoisotopic (exact) mass is 363 g/mol. The number of anilines is 2. The van der Waals surface area contributed by atoms with Crippen LogP contribution in [0.2, 0.25) is 0 Å². The van der Waals surface area contributed by atoms with Crippen molar-refractivity contribution in [1.29, 1.82) is 0 Å². The van der Waals surface area contributed by atoms with Gasteiger partial charge in [-0.05, 0) is 12.1 Å². The first kappa shape index (κ1) is 17.0. The predicted molar refractivity (Wildman–Crippen MR) is 88.9 cm³/mol. The smallest absolute Gasteiger partial charge is 0.349 e. The van der Waals surface area contributed by atoms with Gasteiger partial charge in [-0.2, -0.15) is 0 Å². The summed E-state index contributed by atoms with van der Waals surface area (Å²) in [6.45, 7) is 0.0842. The third-order valence-corrected chi connectivity index (χ3v) is 4.65. The number of amides is 2. The lowest BCUT2D eigenvalue weighted by molar-refractivity contribution is -0.122. The van der Waals surface area contributed by atoms with E-state index in [9.17, 15) is 18.8 Å². The third-order valence-electron chi connectivity index (χ3n) is 3.76. The number of thiazole rings is 1.